The van der Waals surface area contributed by atoms with Gasteiger partial charge in [-0.25, -0.2) is 0 Å². The van der Waals surface area contributed by atoms with Crippen molar-refractivity contribution in [1.29, 1.82) is 0 Å². The van der Waals surface area contributed by atoms with Crippen molar-refractivity contribution in [3.8, 4) is 0 Å². The van der Waals surface area contributed by atoms with Crippen LogP contribution < -0.4 is 10.9 Å². The summed E-state index contributed by atoms with van der Waals surface area (Å²) in [6, 6.07) is 7.85. The van der Waals surface area contributed by atoms with Gasteiger partial charge < -0.3 is 0 Å². The molecule has 0 atom stereocenters. The van der Waals surface area contributed by atoms with E-state index in [1.165, 1.54) is 5.56 Å². The molecule has 0 radical (unpaired) electrons. The zero-order valence-electron chi connectivity index (χ0n) is 8.63. The van der Waals surface area contributed by atoms with E-state index in [-0.39, 0.29) is 5.91 Å². The number of amides is 1. The first-order valence-electron chi connectivity index (χ1n) is 4.84. The molecule has 0 aliphatic rings. The standard InChI is InChI=1S/C11H16N2O/c1-3-4-11(14)13-12-10-7-5-9(2)6-8-10/h5-8,12H,3-4H2,1-2H3,(H,13,14). The molecule has 76 valence electrons. The first-order chi connectivity index (χ1) is 6.72. The van der Waals surface area contributed by atoms with Crippen molar-refractivity contribution in [2.45, 2.75) is 26.7 Å². The van der Waals surface area contributed by atoms with Crippen molar-refractivity contribution in [3.05, 3.63) is 29.8 Å². The van der Waals surface area contributed by atoms with E-state index in [0.29, 0.717) is 6.42 Å². The highest BCUT2D eigenvalue weighted by atomic mass is 16.2. The Kier molecular flexibility index (Phi) is 3.98. The predicted molar refractivity (Wildman–Crippen MR) is 57.9 cm³/mol. The monoisotopic (exact) mass is 192 g/mol. The summed E-state index contributed by atoms with van der Waals surface area (Å²) < 4.78 is 0. The molecule has 1 aromatic rings. The number of benzene rings is 1. The number of hydrogen-bond donors (Lipinski definition) is 2. The lowest BCUT2D eigenvalue weighted by Crippen LogP contribution is -2.28. The van der Waals surface area contributed by atoms with Gasteiger partial charge in [-0.05, 0) is 25.5 Å². The molecule has 1 aromatic carbocycles. The second-order valence-corrected chi connectivity index (χ2v) is 3.29. The highest BCUT2D eigenvalue weighted by Crippen LogP contribution is 2.06. The molecule has 0 spiro atoms. The van der Waals surface area contributed by atoms with Gasteiger partial charge in [0, 0.05) is 6.42 Å². The highest BCUT2D eigenvalue weighted by Gasteiger charge is 1.97. The molecule has 0 bridgehead atoms. The summed E-state index contributed by atoms with van der Waals surface area (Å²) in [5.74, 6) is 0.0214. The average molecular weight is 192 g/mol. The van der Waals surface area contributed by atoms with Crippen LogP contribution in [-0.2, 0) is 4.79 Å². The molecule has 3 heteroatoms. The topological polar surface area (TPSA) is 41.1 Å². The van der Waals surface area contributed by atoms with Gasteiger partial charge in [-0.3, -0.25) is 15.6 Å². The molecule has 0 saturated carbocycles. The molecule has 1 amide bonds. The van der Waals surface area contributed by atoms with Crippen LogP contribution in [0.25, 0.3) is 0 Å². The smallest absolute Gasteiger partial charge is 0.238 e. The molecule has 3 nitrogen and oxygen atoms in total. The van der Waals surface area contributed by atoms with Crippen molar-refractivity contribution in [3.63, 3.8) is 0 Å². The zero-order valence-corrected chi connectivity index (χ0v) is 8.63. The van der Waals surface area contributed by atoms with E-state index < -0.39 is 0 Å². The number of aryl methyl sites for hydroxylation is 1. The summed E-state index contributed by atoms with van der Waals surface area (Å²) in [5.41, 5.74) is 7.59. The van der Waals surface area contributed by atoms with E-state index in [1.54, 1.807) is 0 Å². The van der Waals surface area contributed by atoms with Crippen molar-refractivity contribution in [1.82, 2.24) is 5.43 Å². The summed E-state index contributed by atoms with van der Waals surface area (Å²) in [5, 5.41) is 0. The quantitative estimate of drug-likeness (QED) is 0.718. The maximum atomic E-state index is 11.1. The number of hydrazine groups is 1. The molecule has 0 aromatic heterocycles. The van der Waals surface area contributed by atoms with Crippen LogP contribution in [0, 0.1) is 6.92 Å². The van der Waals surface area contributed by atoms with Crippen LogP contribution in [0.5, 0.6) is 0 Å². The van der Waals surface area contributed by atoms with E-state index in [2.05, 4.69) is 10.9 Å². The van der Waals surface area contributed by atoms with Crippen molar-refractivity contribution >= 4 is 11.6 Å². The van der Waals surface area contributed by atoms with Crippen LogP contribution in [-0.4, -0.2) is 5.91 Å². The Balaban J connectivity index is 2.38. The Labute approximate surface area is 84.5 Å². The first-order valence-corrected chi connectivity index (χ1v) is 4.84. The van der Waals surface area contributed by atoms with Crippen molar-refractivity contribution in [2.75, 3.05) is 5.43 Å². The third kappa shape index (κ3) is 3.47. The van der Waals surface area contributed by atoms with E-state index >= 15 is 0 Å². The van der Waals surface area contributed by atoms with Gasteiger partial charge in [0.1, 0.15) is 0 Å². The van der Waals surface area contributed by atoms with E-state index in [0.717, 1.165) is 12.1 Å². The summed E-state index contributed by atoms with van der Waals surface area (Å²) in [4.78, 5) is 11.1. The highest BCUT2D eigenvalue weighted by molar-refractivity contribution is 5.77. The van der Waals surface area contributed by atoms with Gasteiger partial charge in [0.25, 0.3) is 0 Å². The molecule has 0 aliphatic heterocycles. The maximum Gasteiger partial charge on any atom is 0.238 e. The summed E-state index contributed by atoms with van der Waals surface area (Å²) >= 11 is 0. The molecule has 0 fully saturated rings. The third-order valence-corrected chi connectivity index (χ3v) is 1.87. The second kappa shape index (κ2) is 5.27. The fourth-order valence-electron chi connectivity index (χ4n) is 1.07. The molecular formula is C11H16N2O. The fraction of sp³-hybridized carbons (Fsp3) is 0.364. The lowest BCUT2D eigenvalue weighted by Gasteiger charge is -2.07. The number of anilines is 1. The second-order valence-electron chi connectivity index (χ2n) is 3.29. The number of carbonyl (C=O) groups excluding carboxylic acids is 1. The Morgan fingerprint density at radius 2 is 1.93 bits per heavy atom. The van der Waals surface area contributed by atoms with Crippen LogP contribution in [0.4, 0.5) is 5.69 Å². The molecule has 0 saturated heterocycles. The summed E-state index contributed by atoms with van der Waals surface area (Å²) in [6.45, 7) is 4.00. The van der Waals surface area contributed by atoms with Gasteiger partial charge in [0.2, 0.25) is 5.91 Å². The number of rotatable bonds is 4. The molecular weight excluding hydrogens is 176 g/mol. The van der Waals surface area contributed by atoms with Gasteiger partial charge in [0.05, 0.1) is 5.69 Å². The Morgan fingerprint density at radius 1 is 1.29 bits per heavy atom. The van der Waals surface area contributed by atoms with Gasteiger partial charge in [-0.2, -0.15) is 0 Å². The molecule has 14 heavy (non-hydrogen) atoms. The number of nitrogens with one attached hydrogen (secondary N) is 2. The van der Waals surface area contributed by atoms with Gasteiger partial charge in [0.15, 0.2) is 0 Å². The van der Waals surface area contributed by atoms with Crippen LogP contribution in [0.1, 0.15) is 25.3 Å². The largest absolute Gasteiger partial charge is 0.299 e. The molecule has 0 aliphatic carbocycles. The summed E-state index contributed by atoms with van der Waals surface area (Å²) in [7, 11) is 0. The van der Waals surface area contributed by atoms with Crippen molar-refractivity contribution in [2.24, 2.45) is 0 Å². The van der Waals surface area contributed by atoms with Gasteiger partial charge in [-0.15, -0.1) is 0 Å². The zero-order chi connectivity index (χ0) is 10.4. The Bertz CT molecular complexity index is 293. The SMILES string of the molecule is CCCC(=O)NNc1ccc(C)cc1. The molecule has 0 heterocycles. The average Bonchev–Trinajstić information content (AvgIpc) is 2.17. The molecule has 1 rings (SSSR count). The van der Waals surface area contributed by atoms with Crippen molar-refractivity contribution < 1.29 is 4.79 Å². The van der Waals surface area contributed by atoms with Crippen LogP contribution >= 0.6 is 0 Å². The minimum Gasteiger partial charge on any atom is -0.299 e. The molecule has 2 N–H and O–H groups in total. The predicted octanol–water partition coefficient (Wildman–Crippen LogP) is 2.24. The van der Waals surface area contributed by atoms with Gasteiger partial charge >= 0.3 is 0 Å². The van der Waals surface area contributed by atoms with Crippen LogP contribution in [0.3, 0.4) is 0 Å². The normalized spacial score (nSPS) is 9.57. The van der Waals surface area contributed by atoms with E-state index in [1.807, 2.05) is 38.1 Å². The van der Waals surface area contributed by atoms with Crippen LogP contribution in [0.2, 0.25) is 0 Å². The third-order valence-electron chi connectivity index (χ3n) is 1.87. The molecule has 0 unspecified atom stereocenters. The summed E-state index contributed by atoms with van der Waals surface area (Å²) in [6.07, 6.45) is 1.42. The fourth-order valence-corrected chi connectivity index (χ4v) is 1.07. The van der Waals surface area contributed by atoms with Crippen LogP contribution in [0.15, 0.2) is 24.3 Å². The lowest BCUT2D eigenvalue weighted by atomic mass is 10.2. The Morgan fingerprint density at radius 3 is 2.50 bits per heavy atom. The maximum absolute atomic E-state index is 11.1. The number of hydrogen-bond acceptors (Lipinski definition) is 2. The Hall–Kier alpha value is -1.51. The van der Waals surface area contributed by atoms with Gasteiger partial charge in [-0.1, -0.05) is 24.6 Å². The lowest BCUT2D eigenvalue weighted by molar-refractivity contribution is -0.120. The van der Waals surface area contributed by atoms with E-state index in [9.17, 15) is 4.79 Å². The number of carbonyl (C=O) groups is 1. The first kappa shape index (κ1) is 10.6. The van der Waals surface area contributed by atoms with E-state index in [4.69, 9.17) is 0 Å². The minimum atomic E-state index is 0.0214. The minimum absolute atomic E-state index is 0.0214.